The first-order valence-corrected chi connectivity index (χ1v) is 9.91. The predicted molar refractivity (Wildman–Crippen MR) is 108 cm³/mol. The number of nitrogens with one attached hydrogen (secondary N) is 2. The predicted octanol–water partition coefficient (Wildman–Crippen LogP) is 2.59. The van der Waals surface area contributed by atoms with Crippen LogP contribution in [0.2, 0.25) is 5.02 Å². The number of carbonyl (C=O) groups is 1. The molecular formula is C21H24ClN3O3. The van der Waals surface area contributed by atoms with Gasteiger partial charge in [-0.1, -0.05) is 23.7 Å². The van der Waals surface area contributed by atoms with Crippen LogP contribution in [-0.4, -0.2) is 47.6 Å². The van der Waals surface area contributed by atoms with Crippen molar-refractivity contribution in [2.24, 2.45) is 0 Å². The number of benzene rings is 1. The third-order valence-electron chi connectivity index (χ3n) is 5.59. The van der Waals surface area contributed by atoms with Gasteiger partial charge in [0, 0.05) is 35.9 Å². The standard InChI is InChI=1S/C21H24ClN3O3/c1-12-7-13(2)23-20(26)19(12)21(27)24-16-8-17-11-28-18(10-25(17)9-16)14-3-5-15(22)6-4-14/h3-7,16-18H,8-11H2,1-2H3,(H,23,26)(H,24,27)/t16-,17+,18-/m1/s1. The van der Waals surface area contributed by atoms with Gasteiger partial charge >= 0.3 is 0 Å². The highest BCUT2D eigenvalue weighted by Crippen LogP contribution is 2.30. The average Bonchev–Trinajstić information content (AvgIpc) is 3.02. The molecule has 1 aromatic carbocycles. The van der Waals surface area contributed by atoms with E-state index in [1.165, 1.54) is 0 Å². The molecular weight excluding hydrogens is 378 g/mol. The van der Waals surface area contributed by atoms with Crippen LogP contribution < -0.4 is 10.9 Å². The smallest absolute Gasteiger partial charge is 0.261 e. The van der Waals surface area contributed by atoms with Crippen molar-refractivity contribution in [1.29, 1.82) is 0 Å². The summed E-state index contributed by atoms with van der Waals surface area (Å²) in [5.74, 6) is -0.307. The van der Waals surface area contributed by atoms with Crippen LogP contribution in [0.15, 0.2) is 35.1 Å². The maximum Gasteiger partial charge on any atom is 0.261 e. The number of nitrogens with zero attached hydrogens (tertiary/aromatic N) is 1. The van der Waals surface area contributed by atoms with Gasteiger partial charge in [0.1, 0.15) is 5.56 Å². The van der Waals surface area contributed by atoms with Gasteiger partial charge in [-0.3, -0.25) is 14.5 Å². The van der Waals surface area contributed by atoms with E-state index in [1.54, 1.807) is 6.92 Å². The lowest BCUT2D eigenvalue weighted by atomic mass is 10.1. The molecule has 148 valence electrons. The Morgan fingerprint density at radius 1 is 1.25 bits per heavy atom. The third-order valence-corrected chi connectivity index (χ3v) is 5.84. The highest BCUT2D eigenvalue weighted by molar-refractivity contribution is 6.30. The van der Waals surface area contributed by atoms with Crippen LogP contribution >= 0.6 is 11.6 Å². The number of H-pyrrole nitrogens is 1. The van der Waals surface area contributed by atoms with Crippen LogP contribution in [0, 0.1) is 13.8 Å². The number of halogens is 1. The minimum atomic E-state index is -0.336. The lowest BCUT2D eigenvalue weighted by molar-refractivity contribution is -0.0502. The molecule has 0 aliphatic carbocycles. The zero-order chi connectivity index (χ0) is 19.8. The van der Waals surface area contributed by atoms with Crippen LogP contribution in [0.1, 0.15) is 39.7 Å². The molecule has 0 unspecified atom stereocenters. The summed E-state index contributed by atoms with van der Waals surface area (Å²) in [5, 5.41) is 3.75. The molecule has 28 heavy (non-hydrogen) atoms. The molecule has 2 N–H and O–H groups in total. The number of fused-ring (bicyclic) bond motifs is 1. The van der Waals surface area contributed by atoms with E-state index >= 15 is 0 Å². The fourth-order valence-corrected chi connectivity index (χ4v) is 4.38. The molecule has 0 saturated carbocycles. The summed E-state index contributed by atoms with van der Waals surface area (Å²) < 4.78 is 6.05. The van der Waals surface area contributed by atoms with Gasteiger partial charge in [-0.25, -0.2) is 0 Å². The number of carbonyl (C=O) groups excluding carboxylic acids is 1. The number of ether oxygens (including phenoxy) is 1. The maximum atomic E-state index is 12.7. The number of rotatable bonds is 3. The largest absolute Gasteiger partial charge is 0.371 e. The van der Waals surface area contributed by atoms with Crippen molar-refractivity contribution in [2.75, 3.05) is 19.7 Å². The second-order valence-electron chi connectivity index (χ2n) is 7.73. The zero-order valence-electron chi connectivity index (χ0n) is 16.0. The van der Waals surface area contributed by atoms with Crippen LogP contribution in [0.3, 0.4) is 0 Å². The molecule has 0 spiro atoms. The summed E-state index contributed by atoms with van der Waals surface area (Å²) >= 11 is 5.97. The Balaban J connectivity index is 1.41. The Labute approximate surface area is 168 Å². The SMILES string of the molecule is Cc1cc(C)c(C(=O)N[C@@H]2C[C@H]3CO[C@@H](c4ccc(Cl)cc4)CN3C2)c(=O)[nH]1. The van der Waals surface area contributed by atoms with Crippen molar-refractivity contribution in [3.05, 3.63) is 68.1 Å². The van der Waals surface area contributed by atoms with Crippen molar-refractivity contribution < 1.29 is 9.53 Å². The third kappa shape index (κ3) is 3.85. The second kappa shape index (κ2) is 7.70. The molecule has 2 aromatic rings. The molecule has 7 heteroatoms. The number of pyridine rings is 1. The quantitative estimate of drug-likeness (QED) is 0.829. The molecule has 6 nitrogen and oxygen atoms in total. The molecule has 3 heterocycles. The summed E-state index contributed by atoms with van der Waals surface area (Å²) in [5.41, 5.74) is 2.42. The molecule has 2 saturated heterocycles. The Morgan fingerprint density at radius 2 is 2.00 bits per heavy atom. The van der Waals surface area contributed by atoms with Gasteiger partial charge in [0.25, 0.3) is 11.5 Å². The zero-order valence-corrected chi connectivity index (χ0v) is 16.8. The van der Waals surface area contributed by atoms with Crippen molar-refractivity contribution in [3.8, 4) is 0 Å². The van der Waals surface area contributed by atoms with Crippen molar-refractivity contribution in [2.45, 2.75) is 38.5 Å². The number of amides is 1. The van der Waals surface area contributed by atoms with Crippen LogP contribution in [0.25, 0.3) is 0 Å². The number of aryl methyl sites for hydroxylation is 2. The molecule has 4 rings (SSSR count). The molecule has 3 atom stereocenters. The molecule has 2 aliphatic heterocycles. The first-order chi connectivity index (χ1) is 13.4. The van der Waals surface area contributed by atoms with Crippen LogP contribution in [-0.2, 0) is 4.74 Å². The van der Waals surface area contributed by atoms with E-state index in [-0.39, 0.29) is 35.2 Å². The minimum Gasteiger partial charge on any atom is -0.371 e. The summed E-state index contributed by atoms with van der Waals surface area (Å²) in [6, 6.07) is 9.85. The Kier molecular flexibility index (Phi) is 5.27. The fourth-order valence-electron chi connectivity index (χ4n) is 4.25. The first-order valence-electron chi connectivity index (χ1n) is 9.53. The van der Waals surface area contributed by atoms with Gasteiger partial charge < -0.3 is 15.0 Å². The molecule has 1 amide bonds. The van der Waals surface area contributed by atoms with Crippen LogP contribution in [0.4, 0.5) is 0 Å². The van der Waals surface area contributed by atoms with Gasteiger partial charge in [-0.2, -0.15) is 0 Å². The van der Waals surface area contributed by atoms with E-state index in [4.69, 9.17) is 16.3 Å². The number of hydrogen-bond donors (Lipinski definition) is 2. The summed E-state index contributed by atoms with van der Waals surface area (Å²) in [4.78, 5) is 29.9. The number of morpholine rings is 1. The van der Waals surface area contributed by atoms with E-state index in [9.17, 15) is 9.59 Å². The normalized spacial score (nSPS) is 24.8. The Bertz CT molecular complexity index is 941. The van der Waals surface area contributed by atoms with Gasteiger partial charge in [-0.15, -0.1) is 0 Å². The average molecular weight is 402 g/mol. The van der Waals surface area contributed by atoms with Crippen molar-refractivity contribution in [3.63, 3.8) is 0 Å². The molecule has 0 bridgehead atoms. The molecule has 2 aliphatic rings. The van der Waals surface area contributed by atoms with Gasteiger partial charge in [-0.05, 0) is 49.6 Å². The second-order valence-corrected chi connectivity index (χ2v) is 8.16. The monoisotopic (exact) mass is 401 g/mol. The van der Waals surface area contributed by atoms with Gasteiger partial charge in [0.2, 0.25) is 0 Å². The van der Waals surface area contributed by atoms with Crippen LogP contribution in [0.5, 0.6) is 0 Å². The van der Waals surface area contributed by atoms with Gasteiger partial charge in [0.15, 0.2) is 0 Å². The van der Waals surface area contributed by atoms with E-state index < -0.39 is 0 Å². The van der Waals surface area contributed by atoms with E-state index in [0.717, 1.165) is 30.8 Å². The molecule has 1 aromatic heterocycles. The fraction of sp³-hybridized carbons (Fsp3) is 0.429. The molecule has 0 radical (unpaired) electrons. The highest BCUT2D eigenvalue weighted by atomic mass is 35.5. The number of aromatic amines is 1. The van der Waals surface area contributed by atoms with E-state index in [0.29, 0.717) is 17.2 Å². The Morgan fingerprint density at radius 3 is 2.71 bits per heavy atom. The van der Waals surface area contributed by atoms with E-state index in [2.05, 4.69) is 15.2 Å². The summed E-state index contributed by atoms with van der Waals surface area (Å²) in [6.45, 7) is 5.76. The van der Waals surface area contributed by atoms with E-state index in [1.807, 2.05) is 37.3 Å². The highest BCUT2D eigenvalue weighted by Gasteiger charge is 2.38. The van der Waals surface area contributed by atoms with Crippen molar-refractivity contribution in [1.82, 2.24) is 15.2 Å². The summed E-state index contributed by atoms with van der Waals surface area (Å²) in [6.07, 6.45) is 0.826. The van der Waals surface area contributed by atoms with Gasteiger partial charge in [0.05, 0.1) is 12.7 Å². The number of hydrogen-bond acceptors (Lipinski definition) is 4. The molecule has 2 fully saturated rings. The lowest BCUT2D eigenvalue weighted by Crippen LogP contribution is -2.43. The maximum absolute atomic E-state index is 12.7. The Hall–Kier alpha value is -2.15. The van der Waals surface area contributed by atoms with Crippen molar-refractivity contribution >= 4 is 17.5 Å². The number of aromatic nitrogens is 1. The topological polar surface area (TPSA) is 74.4 Å². The summed E-state index contributed by atoms with van der Waals surface area (Å²) in [7, 11) is 0. The minimum absolute atomic E-state index is 0.00477. The lowest BCUT2D eigenvalue weighted by Gasteiger charge is -2.35. The first kappa shape index (κ1) is 19.2.